The van der Waals surface area contributed by atoms with Gasteiger partial charge in [0, 0.05) is 16.1 Å². The Morgan fingerprint density at radius 1 is 1.00 bits per heavy atom. The molecule has 1 amide bonds. The fourth-order valence-electron chi connectivity index (χ4n) is 2.82. The quantitative estimate of drug-likeness (QED) is 0.566. The first-order valence-electron chi connectivity index (χ1n) is 8.37. The second-order valence-electron chi connectivity index (χ2n) is 6.05. The number of hydrogen-bond donors (Lipinski definition) is 1. The molecule has 28 heavy (non-hydrogen) atoms. The Labute approximate surface area is 164 Å². The summed E-state index contributed by atoms with van der Waals surface area (Å²) in [6, 6.07) is 18.7. The molecule has 0 radical (unpaired) electrons. The molecule has 7 heteroatoms. The molecule has 0 aliphatic carbocycles. The number of rotatable bonds is 3. The van der Waals surface area contributed by atoms with Gasteiger partial charge in [-0.2, -0.15) is 4.68 Å². The number of halogens is 2. The Hall–Kier alpha value is -3.51. The normalized spacial score (nSPS) is 10.8. The van der Waals surface area contributed by atoms with Crippen molar-refractivity contribution in [3.63, 3.8) is 0 Å². The molecule has 138 valence electrons. The lowest BCUT2D eigenvalue weighted by molar-refractivity contribution is 0.101. The van der Waals surface area contributed by atoms with Crippen molar-refractivity contribution in [2.45, 2.75) is 0 Å². The number of benzene rings is 3. The van der Waals surface area contributed by atoms with Crippen molar-refractivity contribution in [1.82, 2.24) is 9.66 Å². The molecule has 3 aromatic carbocycles. The van der Waals surface area contributed by atoms with E-state index in [2.05, 4.69) is 10.4 Å². The van der Waals surface area contributed by atoms with Crippen LogP contribution >= 0.6 is 11.6 Å². The Balaban J connectivity index is 1.89. The molecule has 1 aromatic heterocycles. The van der Waals surface area contributed by atoms with Gasteiger partial charge in [-0.3, -0.25) is 15.0 Å². The van der Waals surface area contributed by atoms with Gasteiger partial charge in [0.05, 0.1) is 10.9 Å². The largest absolute Gasteiger partial charge is 0.280 e. The number of para-hydroxylation sites is 1. The summed E-state index contributed by atoms with van der Waals surface area (Å²) in [5.74, 6) is -0.745. The lowest BCUT2D eigenvalue weighted by Crippen LogP contribution is -2.35. The number of hydrogen-bond acceptors (Lipinski definition) is 3. The van der Waals surface area contributed by atoms with E-state index in [0.717, 1.165) is 4.68 Å². The smallest absolute Gasteiger partial charge is 0.267 e. The van der Waals surface area contributed by atoms with Gasteiger partial charge in [-0.15, -0.1) is 0 Å². The number of aromatic nitrogens is 2. The minimum Gasteiger partial charge on any atom is -0.267 e. The van der Waals surface area contributed by atoms with Crippen molar-refractivity contribution < 1.29 is 9.18 Å². The van der Waals surface area contributed by atoms with Gasteiger partial charge in [-0.25, -0.2) is 9.37 Å². The van der Waals surface area contributed by atoms with Crippen LogP contribution in [-0.4, -0.2) is 15.6 Å². The molecule has 5 nitrogen and oxygen atoms in total. The van der Waals surface area contributed by atoms with Crippen LogP contribution in [0.4, 0.5) is 4.39 Å². The summed E-state index contributed by atoms with van der Waals surface area (Å²) in [4.78, 5) is 30.2. The van der Waals surface area contributed by atoms with Gasteiger partial charge in [-0.1, -0.05) is 29.8 Å². The van der Waals surface area contributed by atoms with Gasteiger partial charge in [-0.05, 0) is 54.6 Å². The zero-order valence-electron chi connectivity index (χ0n) is 14.4. The molecule has 1 heterocycles. The van der Waals surface area contributed by atoms with Crippen molar-refractivity contribution in [3.8, 4) is 11.4 Å². The molecular formula is C21H13ClFN3O2. The summed E-state index contributed by atoms with van der Waals surface area (Å²) in [6.45, 7) is 0. The van der Waals surface area contributed by atoms with Crippen LogP contribution in [0, 0.1) is 5.82 Å². The topological polar surface area (TPSA) is 64.0 Å². The van der Waals surface area contributed by atoms with E-state index in [0.29, 0.717) is 21.5 Å². The second kappa shape index (κ2) is 7.25. The summed E-state index contributed by atoms with van der Waals surface area (Å²) < 4.78 is 14.4. The minimum absolute atomic E-state index is 0.194. The van der Waals surface area contributed by atoms with Gasteiger partial charge in [0.15, 0.2) is 5.82 Å². The van der Waals surface area contributed by atoms with Gasteiger partial charge in [0.25, 0.3) is 11.5 Å². The van der Waals surface area contributed by atoms with Gasteiger partial charge in [0.1, 0.15) is 5.82 Å². The summed E-state index contributed by atoms with van der Waals surface area (Å²) in [6.07, 6.45) is 0. The van der Waals surface area contributed by atoms with Gasteiger partial charge >= 0.3 is 0 Å². The van der Waals surface area contributed by atoms with E-state index in [1.165, 1.54) is 30.3 Å². The van der Waals surface area contributed by atoms with E-state index >= 15 is 0 Å². The highest BCUT2D eigenvalue weighted by Crippen LogP contribution is 2.19. The molecule has 4 rings (SSSR count). The summed E-state index contributed by atoms with van der Waals surface area (Å²) in [7, 11) is 0. The summed E-state index contributed by atoms with van der Waals surface area (Å²) in [5.41, 5.74) is 3.38. The standard InChI is InChI=1S/C21H13ClFN3O2/c22-15-5-3-4-14(12-15)20(27)25-26-19(13-8-10-16(23)11-9-13)24-18-7-2-1-6-17(18)21(26)28/h1-12H,(H,25,27). The van der Waals surface area contributed by atoms with Crippen molar-refractivity contribution in [2.24, 2.45) is 0 Å². The van der Waals surface area contributed by atoms with Gasteiger partial charge in [0.2, 0.25) is 0 Å². The number of nitrogens with one attached hydrogen (secondary N) is 1. The van der Waals surface area contributed by atoms with Crippen molar-refractivity contribution in [3.05, 3.63) is 99.6 Å². The lowest BCUT2D eigenvalue weighted by atomic mass is 10.2. The molecule has 0 saturated heterocycles. The first-order chi connectivity index (χ1) is 13.5. The molecule has 0 unspecified atom stereocenters. The van der Waals surface area contributed by atoms with Crippen LogP contribution in [0.1, 0.15) is 10.4 Å². The molecule has 4 aromatic rings. The first kappa shape index (κ1) is 17.9. The molecule has 0 atom stereocenters. The minimum atomic E-state index is -0.523. The Morgan fingerprint density at radius 3 is 2.50 bits per heavy atom. The Kier molecular flexibility index (Phi) is 4.63. The molecule has 0 fully saturated rings. The fourth-order valence-corrected chi connectivity index (χ4v) is 3.02. The van der Waals surface area contributed by atoms with Crippen LogP contribution in [0.2, 0.25) is 5.02 Å². The fraction of sp³-hybridized carbons (Fsp3) is 0. The molecule has 0 spiro atoms. The highest BCUT2D eigenvalue weighted by molar-refractivity contribution is 6.31. The number of carbonyl (C=O) groups excluding carboxylic acids is 1. The zero-order valence-corrected chi connectivity index (χ0v) is 15.2. The van der Waals surface area contributed by atoms with Crippen LogP contribution < -0.4 is 11.0 Å². The van der Waals surface area contributed by atoms with Crippen molar-refractivity contribution in [1.29, 1.82) is 0 Å². The van der Waals surface area contributed by atoms with E-state index in [9.17, 15) is 14.0 Å². The predicted octanol–water partition coefficient (Wildman–Crippen LogP) is 4.24. The maximum absolute atomic E-state index is 13.3. The molecule has 1 N–H and O–H groups in total. The molecular weight excluding hydrogens is 381 g/mol. The third kappa shape index (κ3) is 3.37. The van der Waals surface area contributed by atoms with Crippen LogP contribution in [0.25, 0.3) is 22.3 Å². The van der Waals surface area contributed by atoms with Crippen LogP contribution in [0.15, 0.2) is 77.6 Å². The summed E-state index contributed by atoms with van der Waals surface area (Å²) in [5, 5.41) is 0.746. The summed E-state index contributed by atoms with van der Waals surface area (Å²) >= 11 is 5.95. The number of fused-ring (bicyclic) bond motifs is 1. The predicted molar refractivity (Wildman–Crippen MR) is 107 cm³/mol. The zero-order chi connectivity index (χ0) is 19.7. The van der Waals surface area contributed by atoms with E-state index in [1.54, 1.807) is 42.5 Å². The van der Waals surface area contributed by atoms with E-state index in [-0.39, 0.29) is 11.4 Å². The van der Waals surface area contributed by atoms with Crippen LogP contribution in [0.3, 0.4) is 0 Å². The van der Waals surface area contributed by atoms with Crippen LogP contribution in [-0.2, 0) is 0 Å². The number of carbonyl (C=O) groups is 1. The third-order valence-corrected chi connectivity index (χ3v) is 4.41. The van der Waals surface area contributed by atoms with E-state index in [1.807, 2.05) is 0 Å². The molecule has 0 saturated carbocycles. The lowest BCUT2D eigenvalue weighted by Gasteiger charge is -2.15. The van der Waals surface area contributed by atoms with Crippen LogP contribution in [0.5, 0.6) is 0 Å². The number of nitrogens with zero attached hydrogens (tertiary/aromatic N) is 2. The van der Waals surface area contributed by atoms with E-state index < -0.39 is 17.3 Å². The first-order valence-corrected chi connectivity index (χ1v) is 8.75. The van der Waals surface area contributed by atoms with Crippen molar-refractivity contribution >= 4 is 28.4 Å². The number of amides is 1. The average Bonchev–Trinajstić information content (AvgIpc) is 2.70. The Bertz CT molecular complexity index is 1250. The molecule has 0 aliphatic heterocycles. The monoisotopic (exact) mass is 393 g/mol. The van der Waals surface area contributed by atoms with Crippen molar-refractivity contribution in [2.75, 3.05) is 5.43 Å². The molecule has 0 aliphatic rings. The van der Waals surface area contributed by atoms with E-state index in [4.69, 9.17) is 11.6 Å². The highest BCUT2D eigenvalue weighted by atomic mass is 35.5. The maximum atomic E-state index is 13.3. The molecule has 0 bridgehead atoms. The second-order valence-corrected chi connectivity index (χ2v) is 6.49. The average molecular weight is 394 g/mol. The van der Waals surface area contributed by atoms with Gasteiger partial charge < -0.3 is 0 Å². The highest BCUT2D eigenvalue weighted by Gasteiger charge is 2.16. The third-order valence-electron chi connectivity index (χ3n) is 4.18. The Morgan fingerprint density at radius 2 is 1.75 bits per heavy atom. The SMILES string of the molecule is O=C(Nn1c(-c2ccc(F)cc2)nc2ccccc2c1=O)c1cccc(Cl)c1. The maximum Gasteiger partial charge on any atom is 0.280 e.